The van der Waals surface area contributed by atoms with Crippen LogP contribution in [-0.2, 0) is 0 Å². The first-order valence-electron chi connectivity index (χ1n) is 5.53. The molecule has 0 bridgehead atoms. The van der Waals surface area contributed by atoms with Crippen LogP contribution in [0.2, 0.25) is 0 Å². The van der Waals surface area contributed by atoms with Crippen molar-refractivity contribution < 1.29 is 0 Å². The molecular weight excluding hydrogens is 252 g/mol. The molecule has 1 aromatic rings. The molecule has 0 aliphatic heterocycles. The fourth-order valence-corrected chi connectivity index (χ4v) is 1.82. The highest BCUT2D eigenvalue weighted by Gasteiger charge is 1.98. The molecule has 0 radical (unpaired) electrons. The van der Waals surface area contributed by atoms with E-state index < -0.39 is 0 Å². The zero-order valence-corrected chi connectivity index (χ0v) is 10.8. The van der Waals surface area contributed by atoms with Gasteiger partial charge >= 0.3 is 0 Å². The van der Waals surface area contributed by atoms with Crippen LogP contribution in [0.25, 0.3) is 0 Å². The fraction of sp³-hybridized carbons (Fsp3) is 0.500. The number of hydrogen-bond donors (Lipinski definition) is 2. The Bertz CT molecular complexity index is 300. The van der Waals surface area contributed by atoms with Crippen LogP contribution in [0.1, 0.15) is 32.6 Å². The number of halogens is 1. The van der Waals surface area contributed by atoms with Crippen LogP contribution in [0.15, 0.2) is 22.7 Å². The molecule has 0 unspecified atom stereocenters. The lowest BCUT2D eigenvalue weighted by atomic mass is 10.2. The Morgan fingerprint density at radius 3 is 2.80 bits per heavy atom. The minimum atomic E-state index is 0.814. The summed E-state index contributed by atoms with van der Waals surface area (Å²) in [4.78, 5) is 0. The number of unbranched alkanes of at least 4 members (excludes halogenated alkanes) is 3. The SMILES string of the molecule is CCCCCCNc1cc(Br)ccc1N. The molecule has 0 atom stereocenters. The van der Waals surface area contributed by atoms with Crippen LogP contribution in [-0.4, -0.2) is 6.54 Å². The molecule has 0 saturated heterocycles. The second-order valence-electron chi connectivity index (χ2n) is 3.72. The maximum absolute atomic E-state index is 5.85. The molecule has 0 saturated carbocycles. The third-order valence-corrected chi connectivity index (χ3v) is 2.85. The van der Waals surface area contributed by atoms with Crippen LogP contribution in [0, 0.1) is 0 Å². The van der Waals surface area contributed by atoms with Gasteiger partial charge in [-0.05, 0) is 24.6 Å². The Kier molecular flexibility index (Phi) is 5.54. The van der Waals surface area contributed by atoms with Crippen LogP contribution in [0.5, 0.6) is 0 Å². The van der Waals surface area contributed by atoms with Gasteiger partial charge in [0.1, 0.15) is 0 Å². The van der Waals surface area contributed by atoms with E-state index in [1.807, 2.05) is 18.2 Å². The minimum absolute atomic E-state index is 0.814. The summed E-state index contributed by atoms with van der Waals surface area (Å²) in [7, 11) is 0. The topological polar surface area (TPSA) is 38.0 Å². The molecule has 15 heavy (non-hydrogen) atoms. The standard InChI is InChI=1S/C12H19BrN2/c1-2-3-4-5-8-15-12-9-10(13)6-7-11(12)14/h6-7,9,15H,2-5,8,14H2,1H3. The highest BCUT2D eigenvalue weighted by atomic mass is 79.9. The second-order valence-corrected chi connectivity index (χ2v) is 4.63. The van der Waals surface area contributed by atoms with Crippen molar-refractivity contribution in [3.63, 3.8) is 0 Å². The molecule has 1 rings (SSSR count). The largest absolute Gasteiger partial charge is 0.397 e. The molecule has 0 fully saturated rings. The van der Waals surface area contributed by atoms with Gasteiger partial charge in [0.15, 0.2) is 0 Å². The van der Waals surface area contributed by atoms with E-state index in [2.05, 4.69) is 28.2 Å². The highest BCUT2D eigenvalue weighted by molar-refractivity contribution is 9.10. The molecular formula is C12H19BrN2. The van der Waals surface area contributed by atoms with E-state index in [1.54, 1.807) is 0 Å². The first-order valence-corrected chi connectivity index (χ1v) is 6.32. The lowest BCUT2D eigenvalue weighted by Crippen LogP contribution is -2.04. The van der Waals surface area contributed by atoms with Gasteiger partial charge in [-0.25, -0.2) is 0 Å². The predicted octanol–water partition coefficient (Wildman–Crippen LogP) is 4.02. The Morgan fingerprint density at radius 2 is 2.07 bits per heavy atom. The number of hydrogen-bond acceptors (Lipinski definition) is 2. The first kappa shape index (κ1) is 12.4. The third-order valence-electron chi connectivity index (χ3n) is 2.36. The number of anilines is 2. The van der Waals surface area contributed by atoms with Crippen LogP contribution in [0.4, 0.5) is 11.4 Å². The van der Waals surface area contributed by atoms with Crippen LogP contribution in [0.3, 0.4) is 0 Å². The molecule has 3 heteroatoms. The van der Waals surface area contributed by atoms with Crippen LogP contribution >= 0.6 is 15.9 Å². The van der Waals surface area contributed by atoms with Gasteiger partial charge in [0.05, 0.1) is 11.4 Å². The van der Waals surface area contributed by atoms with E-state index >= 15 is 0 Å². The van der Waals surface area contributed by atoms with Crippen molar-refractivity contribution in [3.8, 4) is 0 Å². The quantitative estimate of drug-likeness (QED) is 0.605. The molecule has 84 valence electrons. The molecule has 0 aliphatic rings. The molecule has 0 amide bonds. The summed E-state index contributed by atoms with van der Waals surface area (Å²) in [6.45, 7) is 3.22. The number of nitrogens with two attached hydrogens (primary N) is 1. The molecule has 1 aromatic carbocycles. The van der Waals surface area contributed by atoms with Crippen molar-refractivity contribution in [1.29, 1.82) is 0 Å². The number of rotatable bonds is 6. The summed E-state index contributed by atoms with van der Waals surface area (Å²) in [6.07, 6.45) is 5.09. The maximum atomic E-state index is 5.85. The smallest absolute Gasteiger partial charge is 0.0585 e. The van der Waals surface area contributed by atoms with Gasteiger partial charge in [-0.15, -0.1) is 0 Å². The van der Waals surface area contributed by atoms with Gasteiger partial charge in [0, 0.05) is 11.0 Å². The Hall–Kier alpha value is -0.700. The van der Waals surface area contributed by atoms with E-state index in [0.29, 0.717) is 0 Å². The normalized spacial score (nSPS) is 10.3. The van der Waals surface area contributed by atoms with Crippen molar-refractivity contribution in [2.45, 2.75) is 32.6 Å². The van der Waals surface area contributed by atoms with Crippen molar-refractivity contribution >= 4 is 27.3 Å². The number of benzene rings is 1. The van der Waals surface area contributed by atoms with Gasteiger partial charge in [0.2, 0.25) is 0 Å². The van der Waals surface area contributed by atoms with E-state index in [0.717, 1.165) is 22.4 Å². The lowest BCUT2D eigenvalue weighted by molar-refractivity contribution is 0.685. The average molecular weight is 271 g/mol. The zero-order valence-electron chi connectivity index (χ0n) is 9.22. The van der Waals surface area contributed by atoms with Gasteiger partial charge in [-0.2, -0.15) is 0 Å². The van der Waals surface area contributed by atoms with Crippen molar-refractivity contribution in [2.24, 2.45) is 0 Å². The summed E-state index contributed by atoms with van der Waals surface area (Å²) < 4.78 is 1.06. The van der Waals surface area contributed by atoms with E-state index in [-0.39, 0.29) is 0 Å². The second kappa shape index (κ2) is 6.72. The van der Waals surface area contributed by atoms with Gasteiger partial charge in [0.25, 0.3) is 0 Å². The van der Waals surface area contributed by atoms with E-state index in [4.69, 9.17) is 5.73 Å². The third kappa shape index (κ3) is 4.56. The summed E-state index contributed by atoms with van der Waals surface area (Å²) in [5.41, 5.74) is 7.69. The maximum Gasteiger partial charge on any atom is 0.0585 e. The Balaban J connectivity index is 2.33. The molecule has 3 N–H and O–H groups in total. The monoisotopic (exact) mass is 270 g/mol. The molecule has 0 heterocycles. The number of nitrogen functional groups attached to an aromatic ring is 1. The zero-order chi connectivity index (χ0) is 11.1. The van der Waals surface area contributed by atoms with E-state index in [1.165, 1.54) is 25.7 Å². The minimum Gasteiger partial charge on any atom is -0.397 e. The van der Waals surface area contributed by atoms with Crippen molar-refractivity contribution in [2.75, 3.05) is 17.6 Å². The summed E-state index contributed by atoms with van der Waals surface area (Å²) in [5, 5.41) is 3.36. The van der Waals surface area contributed by atoms with Gasteiger partial charge < -0.3 is 11.1 Å². The summed E-state index contributed by atoms with van der Waals surface area (Å²) in [6, 6.07) is 5.89. The van der Waals surface area contributed by atoms with Gasteiger partial charge in [-0.1, -0.05) is 42.1 Å². The average Bonchev–Trinajstić information content (AvgIpc) is 2.23. The Morgan fingerprint density at radius 1 is 1.27 bits per heavy atom. The molecule has 0 spiro atoms. The number of nitrogens with one attached hydrogen (secondary N) is 1. The summed E-state index contributed by atoms with van der Waals surface area (Å²) >= 11 is 3.43. The summed E-state index contributed by atoms with van der Waals surface area (Å²) in [5.74, 6) is 0. The van der Waals surface area contributed by atoms with Crippen molar-refractivity contribution in [1.82, 2.24) is 0 Å². The van der Waals surface area contributed by atoms with Crippen LogP contribution < -0.4 is 11.1 Å². The molecule has 0 aliphatic carbocycles. The highest BCUT2D eigenvalue weighted by Crippen LogP contribution is 2.23. The van der Waals surface area contributed by atoms with Crippen molar-refractivity contribution in [3.05, 3.63) is 22.7 Å². The first-order chi connectivity index (χ1) is 7.24. The van der Waals surface area contributed by atoms with Gasteiger partial charge in [-0.3, -0.25) is 0 Å². The molecule has 0 aromatic heterocycles. The predicted molar refractivity (Wildman–Crippen MR) is 71.2 cm³/mol. The lowest BCUT2D eigenvalue weighted by Gasteiger charge is -2.09. The molecule has 2 nitrogen and oxygen atoms in total. The Labute approximate surface area is 100 Å². The van der Waals surface area contributed by atoms with E-state index in [9.17, 15) is 0 Å². The fourth-order valence-electron chi connectivity index (χ4n) is 1.46.